The van der Waals surface area contributed by atoms with Gasteiger partial charge in [-0.15, -0.1) is 0 Å². The minimum absolute atomic E-state index is 0.237. The second-order valence-electron chi connectivity index (χ2n) is 7.59. The molecule has 2 aromatic carbocycles. The van der Waals surface area contributed by atoms with E-state index >= 15 is 0 Å². The van der Waals surface area contributed by atoms with Gasteiger partial charge in [-0.2, -0.15) is 10.1 Å². The summed E-state index contributed by atoms with van der Waals surface area (Å²) in [6.45, 7) is 0. The number of fused-ring (bicyclic) bond motifs is 2. The number of rotatable bonds is 5. The number of nitrogens with one attached hydrogen (secondary N) is 6. The normalized spacial score (nSPS) is 12.8. The highest BCUT2D eigenvalue weighted by molar-refractivity contribution is 5.99. The lowest BCUT2D eigenvalue weighted by Gasteiger charge is -2.10. The Morgan fingerprint density at radius 3 is 2.82 bits per heavy atom. The highest BCUT2D eigenvalue weighted by Crippen LogP contribution is 2.24. The van der Waals surface area contributed by atoms with Crippen LogP contribution in [-0.2, 0) is 0 Å². The molecule has 11 heteroatoms. The van der Waals surface area contributed by atoms with Crippen LogP contribution in [0, 0.1) is 0 Å². The smallest absolute Gasteiger partial charge is 0.272 e. The zero-order valence-electron chi connectivity index (χ0n) is 17.6. The summed E-state index contributed by atoms with van der Waals surface area (Å²) in [5.41, 5.74) is 10.1. The molecule has 0 atom stereocenters. The summed E-state index contributed by atoms with van der Waals surface area (Å²) in [5.74, 6) is 0.704. The van der Waals surface area contributed by atoms with Crippen molar-refractivity contribution in [1.82, 2.24) is 46.3 Å². The highest BCUT2D eigenvalue weighted by atomic mass is 16.1. The first-order valence-electron chi connectivity index (χ1n) is 10.4. The second-order valence-corrected chi connectivity index (χ2v) is 7.59. The molecule has 1 amide bonds. The van der Waals surface area contributed by atoms with Crippen LogP contribution in [0.1, 0.15) is 10.5 Å². The summed E-state index contributed by atoms with van der Waals surface area (Å²) in [7, 11) is 0. The van der Waals surface area contributed by atoms with Crippen molar-refractivity contribution >= 4 is 39.3 Å². The lowest BCUT2D eigenvalue weighted by molar-refractivity contribution is 0.0962. The summed E-state index contributed by atoms with van der Waals surface area (Å²) in [6.07, 6.45) is 8.34. The van der Waals surface area contributed by atoms with E-state index in [0.29, 0.717) is 23.2 Å². The molecule has 1 aliphatic heterocycles. The average Bonchev–Trinajstić information content (AvgIpc) is 3.51. The average molecular weight is 450 g/mol. The molecule has 6 rings (SSSR count). The van der Waals surface area contributed by atoms with E-state index in [1.165, 1.54) is 6.33 Å². The van der Waals surface area contributed by atoms with Gasteiger partial charge >= 0.3 is 0 Å². The first-order chi connectivity index (χ1) is 16.7. The van der Waals surface area contributed by atoms with Gasteiger partial charge < -0.3 is 26.5 Å². The molecule has 4 heterocycles. The Morgan fingerprint density at radius 1 is 0.941 bits per heavy atom. The van der Waals surface area contributed by atoms with Gasteiger partial charge in [-0.25, -0.2) is 9.97 Å². The van der Waals surface area contributed by atoms with Gasteiger partial charge in [0.25, 0.3) is 5.91 Å². The molecule has 0 saturated carbocycles. The molecule has 0 bridgehead atoms. The standard InChI is InChI=1S/C23H18N10O/c34-22(29-17-5-6-26-27-11-17)20-8-13-1-2-14(9-19(13)31-20)21-24-12-25-23(32-21)30-16-3-4-18-15(7-16)10-28-33-18/h1-12,26-27,31H,(H,28,33)(H,29,34)(H,24,25,30,32). The molecular weight excluding hydrogens is 432 g/mol. The third kappa shape index (κ3) is 3.77. The lowest BCUT2D eigenvalue weighted by Crippen LogP contribution is -2.30. The zero-order chi connectivity index (χ0) is 22.9. The molecule has 0 radical (unpaired) electrons. The number of H-pyrrole nitrogens is 2. The first kappa shape index (κ1) is 19.5. The Bertz CT molecular complexity index is 1600. The van der Waals surface area contributed by atoms with Crippen molar-refractivity contribution in [2.75, 3.05) is 5.32 Å². The Kier molecular flexibility index (Phi) is 4.62. The van der Waals surface area contributed by atoms with Crippen LogP contribution in [0.25, 0.3) is 33.2 Å². The number of benzene rings is 2. The largest absolute Gasteiger partial charge is 0.350 e. The number of hydrazine groups is 1. The van der Waals surface area contributed by atoms with Crippen LogP contribution in [0.4, 0.5) is 11.6 Å². The Hall–Kier alpha value is -5.19. The molecule has 34 heavy (non-hydrogen) atoms. The molecule has 0 saturated heterocycles. The molecule has 11 nitrogen and oxygen atoms in total. The maximum atomic E-state index is 12.6. The van der Waals surface area contributed by atoms with Crippen molar-refractivity contribution in [3.63, 3.8) is 0 Å². The molecule has 0 fully saturated rings. The van der Waals surface area contributed by atoms with Gasteiger partial charge in [0.15, 0.2) is 5.82 Å². The van der Waals surface area contributed by atoms with Gasteiger partial charge in [0, 0.05) is 39.9 Å². The summed E-state index contributed by atoms with van der Waals surface area (Å²) >= 11 is 0. The van der Waals surface area contributed by atoms with Crippen molar-refractivity contribution in [2.24, 2.45) is 0 Å². The Balaban J connectivity index is 1.24. The van der Waals surface area contributed by atoms with Crippen molar-refractivity contribution in [3.8, 4) is 11.4 Å². The van der Waals surface area contributed by atoms with E-state index in [0.717, 1.165) is 33.1 Å². The summed E-state index contributed by atoms with van der Waals surface area (Å²) in [4.78, 5) is 28.9. The summed E-state index contributed by atoms with van der Waals surface area (Å²) in [6, 6.07) is 13.4. The summed E-state index contributed by atoms with van der Waals surface area (Å²) < 4.78 is 0. The number of hydrogen-bond donors (Lipinski definition) is 6. The van der Waals surface area contributed by atoms with E-state index in [-0.39, 0.29) is 5.91 Å². The van der Waals surface area contributed by atoms with Gasteiger partial charge in [0.2, 0.25) is 5.95 Å². The van der Waals surface area contributed by atoms with Crippen LogP contribution in [0.15, 0.2) is 79.2 Å². The fraction of sp³-hybridized carbons (Fsp3) is 0. The Morgan fingerprint density at radius 2 is 1.91 bits per heavy atom. The molecule has 6 N–H and O–H groups in total. The van der Waals surface area contributed by atoms with Crippen LogP contribution in [0.3, 0.4) is 0 Å². The van der Waals surface area contributed by atoms with Crippen LogP contribution in [0.2, 0.25) is 0 Å². The molecule has 0 spiro atoms. The molecule has 166 valence electrons. The maximum Gasteiger partial charge on any atom is 0.272 e. The van der Waals surface area contributed by atoms with Gasteiger partial charge in [-0.05, 0) is 36.4 Å². The monoisotopic (exact) mass is 450 g/mol. The third-order valence-corrected chi connectivity index (χ3v) is 5.31. The van der Waals surface area contributed by atoms with E-state index in [2.05, 4.69) is 51.6 Å². The number of nitrogens with zero attached hydrogens (tertiary/aromatic N) is 4. The number of amides is 1. The number of carbonyl (C=O) groups is 1. The minimum Gasteiger partial charge on any atom is -0.350 e. The third-order valence-electron chi connectivity index (χ3n) is 5.31. The molecule has 1 aliphatic rings. The van der Waals surface area contributed by atoms with E-state index in [1.807, 2.05) is 36.4 Å². The number of carbonyl (C=O) groups excluding carboxylic acids is 1. The van der Waals surface area contributed by atoms with Gasteiger partial charge in [0.05, 0.1) is 17.4 Å². The predicted molar refractivity (Wildman–Crippen MR) is 127 cm³/mol. The fourth-order valence-corrected chi connectivity index (χ4v) is 3.66. The van der Waals surface area contributed by atoms with Gasteiger partial charge in [0.1, 0.15) is 12.0 Å². The zero-order valence-corrected chi connectivity index (χ0v) is 17.6. The van der Waals surface area contributed by atoms with Crippen molar-refractivity contribution in [1.29, 1.82) is 0 Å². The molecule has 5 aromatic rings. The van der Waals surface area contributed by atoms with Gasteiger partial charge in [-0.3, -0.25) is 9.89 Å². The van der Waals surface area contributed by atoms with Crippen molar-refractivity contribution in [3.05, 3.63) is 84.9 Å². The fourth-order valence-electron chi connectivity index (χ4n) is 3.66. The molecule has 0 unspecified atom stereocenters. The maximum absolute atomic E-state index is 12.6. The van der Waals surface area contributed by atoms with E-state index in [9.17, 15) is 4.79 Å². The van der Waals surface area contributed by atoms with Crippen LogP contribution >= 0.6 is 0 Å². The van der Waals surface area contributed by atoms with E-state index in [1.54, 1.807) is 30.7 Å². The van der Waals surface area contributed by atoms with Gasteiger partial charge in [-0.1, -0.05) is 12.1 Å². The second kappa shape index (κ2) is 8.06. The number of aromatic amines is 2. The molecule has 0 aliphatic carbocycles. The van der Waals surface area contributed by atoms with Crippen LogP contribution < -0.4 is 21.5 Å². The predicted octanol–water partition coefficient (Wildman–Crippen LogP) is 2.83. The summed E-state index contributed by atoms with van der Waals surface area (Å²) in [5, 5.41) is 14.9. The SMILES string of the molecule is O=C(NC1=CNNC=C1)c1cc2ccc(-c3ncnc(Nc4ccc5[nH]ncc5c4)n3)cc2[nH]1. The van der Waals surface area contributed by atoms with Crippen molar-refractivity contribution in [2.45, 2.75) is 0 Å². The van der Waals surface area contributed by atoms with E-state index < -0.39 is 0 Å². The van der Waals surface area contributed by atoms with E-state index in [4.69, 9.17) is 0 Å². The van der Waals surface area contributed by atoms with Crippen LogP contribution in [-0.4, -0.2) is 36.0 Å². The number of hydrogen-bond acceptors (Lipinski definition) is 8. The number of aromatic nitrogens is 6. The Labute approximate surface area is 192 Å². The lowest BCUT2D eigenvalue weighted by atomic mass is 10.1. The number of allylic oxidation sites excluding steroid dienone is 1. The highest BCUT2D eigenvalue weighted by Gasteiger charge is 2.13. The topological polar surface area (TPSA) is 148 Å². The number of anilines is 2. The first-order valence-corrected chi connectivity index (χ1v) is 10.4. The molecule has 3 aromatic heterocycles. The quantitative estimate of drug-likeness (QED) is 0.239. The van der Waals surface area contributed by atoms with Crippen LogP contribution in [0.5, 0.6) is 0 Å². The molecular formula is C23H18N10O. The minimum atomic E-state index is -0.237. The van der Waals surface area contributed by atoms with Crippen molar-refractivity contribution < 1.29 is 4.79 Å².